The third-order valence-electron chi connectivity index (χ3n) is 3.54. The van der Waals surface area contributed by atoms with E-state index in [-0.39, 0.29) is 0 Å². The van der Waals surface area contributed by atoms with E-state index in [0.29, 0.717) is 29.6 Å². The van der Waals surface area contributed by atoms with Crippen molar-refractivity contribution >= 4 is 5.69 Å². The fourth-order valence-corrected chi connectivity index (χ4v) is 2.31. The Hall–Kier alpha value is -1.73. The summed E-state index contributed by atoms with van der Waals surface area (Å²) in [4.78, 5) is 2.33. The predicted octanol–water partition coefficient (Wildman–Crippen LogP) is 2.00. The molecule has 1 aliphatic heterocycles. The Kier molecular flexibility index (Phi) is 4.06. The molecule has 0 spiro atoms. The standard InChI is InChI=1S/C14H19N3O/c1-17-8-3-2-6-12(17)10-18-13-7-4-5-11(9-15)14(13)16/h4-5,7,12H,2-3,6,8,10,16H2,1H3. The van der Waals surface area contributed by atoms with E-state index in [2.05, 4.69) is 18.0 Å². The van der Waals surface area contributed by atoms with Crippen LogP contribution < -0.4 is 10.5 Å². The molecule has 96 valence electrons. The summed E-state index contributed by atoms with van der Waals surface area (Å²) >= 11 is 0. The van der Waals surface area contributed by atoms with Crippen LogP contribution in [0.3, 0.4) is 0 Å². The van der Waals surface area contributed by atoms with E-state index in [4.69, 9.17) is 15.7 Å². The molecule has 1 unspecified atom stereocenters. The third-order valence-corrected chi connectivity index (χ3v) is 3.54. The van der Waals surface area contributed by atoms with E-state index in [0.717, 1.165) is 13.0 Å². The summed E-state index contributed by atoms with van der Waals surface area (Å²) in [5.41, 5.74) is 6.80. The predicted molar refractivity (Wildman–Crippen MR) is 71.3 cm³/mol. The second kappa shape index (κ2) is 5.74. The van der Waals surface area contributed by atoms with Crippen LogP contribution in [0.2, 0.25) is 0 Å². The minimum Gasteiger partial charge on any atom is -0.490 e. The lowest BCUT2D eigenvalue weighted by Crippen LogP contribution is -2.40. The number of hydrogen-bond acceptors (Lipinski definition) is 4. The molecule has 1 aromatic carbocycles. The second-order valence-electron chi connectivity index (χ2n) is 4.77. The van der Waals surface area contributed by atoms with Gasteiger partial charge in [0.2, 0.25) is 0 Å². The molecule has 0 amide bonds. The van der Waals surface area contributed by atoms with Gasteiger partial charge in [0, 0.05) is 6.04 Å². The molecule has 1 heterocycles. The van der Waals surface area contributed by atoms with Crippen LogP contribution in [-0.2, 0) is 0 Å². The van der Waals surface area contributed by atoms with E-state index >= 15 is 0 Å². The number of likely N-dealkylation sites (tertiary alicyclic amines) is 1. The lowest BCUT2D eigenvalue weighted by molar-refractivity contribution is 0.125. The van der Waals surface area contributed by atoms with Crippen molar-refractivity contribution in [1.29, 1.82) is 5.26 Å². The molecule has 4 nitrogen and oxygen atoms in total. The molecule has 18 heavy (non-hydrogen) atoms. The molecule has 0 bridgehead atoms. The van der Waals surface area contributed by atoms with Crippen LogP contribution in [0.4, 0.5) is 5.69 Å². The number of piperidine rings is 1. The maximum absolute atomic E-state index is 8.91. The summed E-state index contributed by atoms with van der Waals surface area (Å²) in [6.45, 7) is 1.76. The van der Waals surface area contributed by atoms with Crippen molar-refractivity contribution in [3.05, 3.63) is 23.8 Å². The summed E-state index contributed by atoms with van der Waals surface area (Å²) in [5, 5.41) is 8.91. The van der Waals surface area contributed by atoms with E-state index in [9.17, 15) is 0 Å². The molecular weight excluding hydrogens is 226 g/mol. The molecule has 1 fully saturated rings. The number of ether oxygens (including phenoxy) is 1. The largest absolute Gasteiger partial charge is 0.490 e. The van der Waals surface area contributed by atoms with Crippen molar-refractivity contribution in [1.82, 2.24) is 4.90 Å². The zero-order chi connectivity index (χ0) is 13.0. The topological polar surface area (TPSA) is 62.3 Å². The summed E-state index contributed by atoms with van der Waals surface area (Å²) in [6.07, 6.45) is 3.68. The minimum absolute atomic E-state index is 0.443. The first kappa shape index (κ1) is 12.7. The number of hydrogen-bond donors (Lipinski definition) is 1. The highest BCUT2D eigenvalue weighted by atomic mass is 16.5. The molecule has 4 heteroatoms. The van der Waals surface area contributed by atoms with Crippen molar-refractivity contribution < 1.29 is 4.74 Å². The van der Waals surface area contributed by atoms with Gasteiger partial charge in [-0.2, -0.15) is 5.26 Å². The average Bonchev–Trinajstić information content (AvgIpc) is 2.39. The van der Waals surface area contributed by atoms with E-state index in [1.54, 1.807) is 12.1 Å². The highest BCUT2D eigenvalue weighted by Crippen LogP contribution is 2.25. The van der Waals surface area contributed by atoms with Crippen LogP contribution in [0.25, 0.3) is 0 Å². The molecule has 0 radical (unpaired) electrons. The molecule has 2 rings (SSSR count). The van der Waals surface area contributed by atoms with Gasteiger partial charge in [0.05, 0.1) is 11.3 Å². The normalized spacial score (nSPS) is 20.3. The number of nitrogens with zero attached hydrogens (tertiary/aromatic N) is 2. The fourth-order valence-electron chi connectivity index (χ4n) is 2.31. The van der Waals surface area contributed by atoms with Crippen LogP contribution in [-0.4, -0.2) is 31.1 Å². The molecule has 2 N–H and O–H groups in total. The maximum Gasteiger partial charge on any atom is 0.143 e. The Labute approximate surface area is 108 Å². The van der Waals surface area contributed by atoms with Crippen molar-refractivity contribution in [3.8, 4) is 11.8 Å². The van der Waals surface area contributed by atoms with Gasteiger partial charge in [-0.3, -0.25) is 0 Å². The quantitative estimate of drug-likeness (QED) is 0.827. The number of likely N-dealkylation sites (N-methyl/N-ethyl adjacent to an activating group) is 1. The Morgan fingerprint density at radius 1 is 1.50 bits per heavy atom. The zero-order valence-corrected chi connectivity index (χ0v) is 10.7. The van der Waals surface area contributed by atoms with Gasteiger partial charge in [0.25, 0.3) is 0 Å². The number of nitrogens with two attached hydrogens (primary N) is 1. The monoisotopic (exact) mass is 245 g/mol. The summed E-state index contributed by atoms with van der Waals surface area (Å²) in [7, 11) is 2.13. The summed E-state index contributed by atoms with van der Waals surface area (Å²) in [6, 6.07) is 7.84. The van der Waals surface area contributed by atoms with Gasteiger partial charge in [-0.15, -0.1) is 0 Å². The van der Waals surface area contributed by atoms with Crippen LogP contribution in [0.5, 0.6) is 5.75 Å². The molecule has 1 saturated heterocycles. The lowest BCUT2D eigenvalue weighted by atomic mass is 10.0. The third kappa shape index (κ3) is 2.74. The number of para-hydroxylation sites is 1. The van der Waals surface area contributed by atoms with E-state index < -0.39 is 0 Å². The van der Waals surface area contributed by atoms with Crippen molar-refractivity contribution in [2.24, 2.45) is 0 Å². The van der Waals surface area contributed by atoms with Gasteiger partial charge in [0.15, 0.2) is 0 Å². The summed E-state index contributed by atoms with van der Waals surface area (Å²) < 4.78 is 5.77. The van der Waals surface area contributed by atoms with Gasteiger partial charge in [0.1, 0.15) is 18.4 Å². The lowest BCUT2D eigenvalue weighted by Gasteiger charge is -2.32. The summed E-state index contributed by atoms with van der Waals surface area (Å²) in [5.74, 6) is 0.619. The maximum atomic E-state index is 8.91. The first-order chi connectivity index (χ1) is 8.72. The number of nitriles is 1. The van der Waals surface area contributed by atoms with Crippen LogP contribution in [0.1, 0.15) is 24.8 Å². The number of benzene rings is 1. The molecular formula is C14H19N3O. The first-order valence-corrected chi connectivity index (χ1v) is 6.34. The minimum atomic E-state index is 0.443. The highest BCUT2D eigenvalue weighted by molar-refractivity contribution is 5.63. The van der Waals surface area contributed by atoms with Crippen LogP contribution in [0, 0.1) is 11.3 Å². The van der Waals surface area contributed by atoms with Crippen molar-refractivity contribution in [3.63, 3.8) is 0 Å². The van der Waals surface area contributed by atoms with Crippen LogP contribution >= 0.6 is 0 Å². The van der Waals surface area contributed by atoms with Gasteiger partial charge in [-0.25, -0.2) is 0 Å². The molecule has 1 aliphatic rings. The smallest absolute Gasteiger partial charge is 0.143 e. The van der Waals surface area contributed by atoms with E-state index in [1.165, 1.54) is 12.8 Å². The Bertz CT molecular complexity index is 453. The molecule has 0 aromatic heterocycles. The van der Waals surface area contributed by atoms with Crippen LogP contribution in [0.15, 0.2) is 18.2 Å². The molecule has 1 aromatic rings. The first-order valence-electron chi connectivity index (χ1n) is 6.34. The van der Waals surface area contributed by atoms with Crippen molar-refractivity contribution in [2.75, 3.05) is 25.9 Å². The second-order valence-corrected chi connectivity index (χ2v) is 4.77. The Morgan fingerprint density at radius 2 is 2.33 bits per heavy atom. The Balaban J connectivity index is 2.00. The SMILES string of the molecule is CN1CCCCC1COc1cccc(C#N)c1N. The number of nitrogen functional groups attached to an aromatic ring is 1. The Morgan fingerprint density at radius 3 is 3.06 bits per heavy atom. The fraction of sp³-hybridized carbons (Fsp3) is 0.500. The van der Waals surface area contributed by atoms with Gasteiger partial charge in [-0.1, -0.05) is 12.5 Å². The number of anilines is 1. The zero-order valence-electron chi connectivity index (χ0n) is 10.7. The molecule has 0 saturated carbocycles. The van der Waals surface area contributed by atoms with Gasteiger partial charge >= 0.3 is 0 Å². The molecule has 1 atom stereocenters. The average molecular weight is 245 g/mol. The van der Waals surface area contributed by atoms with Gasteiger partial charge in [-0.05, 0) is 38.6 Å². The van der Waals surface area contributed by atoms with Gasteiger partial charge < -0.3 is 15.4 Å². The van der Waals surface area contributed by atoms with Crippen molar-refractivity contribution in [2.45, 2.75) is 25.3 Å². The van der Waals surface area contributed by atoms with E-state index in [1.807, 2.05) is 6.07 Å². The number of rotatable bonds is 3. The highest BCUT2D eigenvalue weighted by Gasteiger charge is 2.19. The molecule has 0 aliphatic carbocycles.